The van der Waals surface area contributed by atoms with Crippen LogP contribution < -0.4 is 5.32 Å². The fraction of sp³-hybridized carbons (Fsp3) is 0.429. The van der Waals surface area contributed by atoms with Crippen LogP contribution in [0.15, 0.2) is 29.2 Å². The normalized spacial score (nSPS) is 19.6. The molecule has 0 aromatic heterocycles. The molecule has 0 saturated heterocycles. The molecule has 0 spiro atoms. The minimum Gasteiger partial charge on any atom is -0.325 e. The highest BCUT2D eigenvalue weighted by Gasteiger charge is 2.28. The molecular formula is C14H17NO2S. The Morgan fingerprint density at radius 3 is 2.61 bits per heavy atom. The molecule has 1 atom stereocenters. The monoisotopic (exact) mass is 263 g/mol. The molecule has 3 nitrogen and oxygen atoms in total. The second-order valence-electron chi connectivity index (χ2n) is 4.48. The number of amides is 1. The summed E-state index contributed by atoms with van der Waals surface area (Å²) in [5, 5.41) is 2.82. The van der Waals surface area contributed by atoms with E-state index in [1.165, 1.54) is 0 Å². The number of ketones is 1. The molecule has 0 heterocycles. The van der Waals surface area contributed by atoms with E-state index in [-0.39, 0.29) is 11.7 Å². The number of anilines is 1. The molecule has 1 unspecified atom stereocenters. The lowest BCUT2D eigenvalue weighted by Gasteiger charge is -2.19. The minimum atomic E-state index is -0.445. The quantitative estimate of drug-likeness (QED) is 0.673. The Morgan fingerprint density at radius 1 is 1.28 bits per heavy atom. The Bertz CT molecular complexity index is 442. The molecule has 1 aromatic carbocycles. The van der Waals surface area contributed by atoms with Gasteiger partial charge in [-0.05, 0) is 43.4 Å². The lowest BCUT2D eigenvalue weighted by atomic mass is 9.87. The fourth-order valence-electron chi connectivity index (χ4n) is 2.16. The first kappa shape index (κ1) is 13.1. The fourth-order valence-corrected chi connectivity index (χ4v) is 2.57. The van der Waals surface area contributed by atoms with E-state index in [0.717, 1.165) is 23.4 Å². The van der Waals surface area contributed by atoms with Crippen molar-refractivity contribution in [3.8, 4) is 0 Å². The highest BCUT2D eigenvalue weighted by Crippen LogP contribution is 2.23. The van der Waals surface area contributed by atoms with Crippen LogP contribution in [0.2, 0.25) is 0 Å². The zero-order valence-corrected chi connectivity index (χ0v) is 11.3. The molecule has 18 heavy (non-hydrogen) atoms. The summed E-state index contributed by atoms with van der Waals surface area (Å²) in [5.41, 5.74) is 0.760. The highest BCUT2D eigenvalue weighted by atomic mass is 32.2. The van der Waals surface area contributed by atoms with Gasteiger partial charge in [0.1, 0.15) is 5.78 Å². The number of thioether (sulfide) groups is 1. The summed E-state index contributed by atoms with van der Waals surface area (Å²) in [5.74, 6) is -0.518. The molecule has 2 rings (SSSR count). The van der Waals surface area contributed by atoms with Gasteiger partial charge < -0.3 is 5.32 Å². The third-order valence-electron chi connectivity index (χ3n) is 3.23. The van der Waals surface area contributed by atoms with Crippen molar-refractivity contribution in [2.45, 2.75) is 30.6 Å². The summed E-state index contributed by atoms with van der Waals surface area (Å²) >= 11 is 1.66. The molecule has 1 saturated carbocycles. The number of benzene rings is 1. The van der Waals surface area contributed by atoms with Gasteiger partial charge in [-0.15, -0.1) is 11.8 Å². The predicted octanol–water partition coefficient (Wildman–Crippen LogP) is 3.11. The third kappa shape index (κ3) is 3.13. The molecule has 1 aliphatic rings. The van der Waals surface area contributed by atoms with Crippen LogP contribution in [0.1, 0.15) is 25.7 Å². The predicted molar refractivity (Wildman–Crippen MR) is 73.8 cm³/mol. The lowest BCUT2D eigenvalue weighted by Crippen LogP contribution is -2.31. The van der Waals surface area contributed by atoms with Crippen molar-refractivity contribution in [3.05, 3.63) is 24.3 Å². The Labute approximate surface area is 111 Å². The van der Waals surface area contributed by atoms with Gasteiger partial charge in [-0.3, -0.25) is 9.59 Å². The molecule has 1 fully saturated rings. The molecule has 4 heteroatoms. The van der Waals surface area contributed by atoms with Crippen molar-refractivity contribution in [2.75, 3.05) is 11.6 Å². The smallest absolute Gasteiger partial charge is 0.234 e. The van der Waals surface area contributed by atoms with Crippen LogP contribution in [0.4, 0.5) is 5.69 Å². The van der Waals surface area contributed by atoms with Crippen molar-refractivity contribution in [3.63, 3.8) is 0 Å². The largest absolute Gasteiger partial charge is 0.325 e. The van der Waals surface area contributed by atoms with Gasteiger partial charge >= 0.3 is 0 Å². The van der Waals surface area contributed by atoms with Crippen LogP contribution in [0, 0.1) is 5.92 Å². The standard InChI is InChI=1S/C14H17NO2S/c1-18-11-8-6-10(7-9-11)15-14(17)12-4-2-3-5-13(12)16/h6-9,12H,2-5H2,1H3,(H,15,17). The second-order valence-corrected chi connectivity index (χ2v) is 5.36. The van der Waals surface area contributed by atoms with Gasteiger partial charge in [0, 0.05) is 17.0 Å². The average Bonchev–Trinajstić information content (AvgIpc) is 2.40. The summed E-state index contributed by atoms with van der Waals surface area (Å²) in [4.78, 5) is 24.8. The van der Waals surface area contributed by atoms with E-state index in [9.17, 15) is 9.59 Å². The second kappa shape index (κ2) is 6.05. The van der Waals surface area contributed by atoms with E-state index < -0.39 is 5.92 Å². The SMILES string of the molecule is CSc1ccc(NC(=O)C2CCCCC2=O)cc1. The molecule has 96 valence electrons. The van der Waals surface area contributed by atoms with Crippen molar-refractivity contribution in [1.29, 1.82) is 0 Å². The van der Waals surface area contributed by atoms with Crippen LogP contribution in [-0.2, 0) is 9.59 Å². The lowest BCUT2D eigenvalue weighted by molar-refractivity contribution is -0.132. The summed E-state index contributed by atoms with van der Waals surface area (Å²) in [6.45, 7) is 0. The van der Waals surface area contributed by atoms with Crippen LogP contribution >= 0.6 is 11.8 Å². The van der Waals surface area contributed by atoms with Crippen molar-refractivity contribution in [2.24, 2.45) is 5.92 Å². The van der Waals surface area contributed by atoms with Crippen LogP contribution in [0.3, 0.4) is 0 Å². The molecule has 1 aliphatic carbocycles. The molecule has 0 aliphatic heterocycles. The molecule has 1 N–H and O–H groups in total. The maximum atomic E-state index is 12.0. The topological polar surface area (TPSA) is 46.2 Å². The number of nitrogens with one attached hydrogen (secondary N) is 1. The maximum absolute atomic E-state index is 12.0. The van der Waals surface area contributed by atoms with Crippen LogP contribution in [0.25, 0.3) is 0 Å². The van der Waals surface area contributed by atoms with Gasteiger partial charge in [-0.25, -0.2) is 0 Å². The van der Waals surface area contributed by atoms with Gasteiger partial charge in [0.25, 0.3) is 0 Å². The number of Topliss-reactive ketones (excluding diaryl/α,β-unsaturated/α-hetero) is 1. The summed E-state index contributed by atoms with van der Waals surface area (Å²) in [6, 6.07) is 7.67. The number of hydrogen-bond donors (Lipinski definition) is 1. The summed E-state index contributed by atoms with van der Waals surface area (Å²) < 4.78 is 0. The zero-order valence-electron chi connectivity index (χ0n) is 10.4. The number of carbonyl (C=O) groups is 2. The summed E-state index contributed by atoms with van der Waals surface area (Å²) in [6.07, 6.45) is 5.13. The summed E-state index contributed by atoms with van der Waals surface area (Å²) in [7, 11) is 0. The molecule has 0 radical (unpaired) electrons. The van der Waals surface area contributed by atoms with E-state index in [4.69, 9.17) is 0 Å². The van der Waals surface area contributed by atoms with Crippen molar-refractivity contribution in [1.82, 2.24) is 0 Å². The van der Waals surface area contributed by atoms with Crippen LogP contribution in [-0.4, -0.2) is 17.9 Å². The van der Waals surface area contributed by atoms with Crippen molar-refractivity contribution < 1.29 is 9.59 Å². The van der Waals surface area contributed by atoms with Crippen LogP contribution in [0.5, 0.6) is 0 Å². The third-order valence-corrected chi connectivity index (χ3v) is 3.97. The van der Waals surface area contributed by atoms with Gasteiger partial charge in [0.2, 0.25) is 5.91 Å². The maximum Gasteiger partial charge on any atom is 0.234 e. The van der Waals surface area contributed by atoms with Gasteiger partial charge in [0.05, 0.1) is 5.92 Å². The van der Waals surface area contributed by atoms with E-state index in [2.05, 4.69) is 5.32 Å². The van der Waals surface area contributed by atoms with E-state index in [1.54, 1.807) is 11.8 Å². The first-order valence-electron chi connectivity index (χ1n) is 6.18. The first-order valence-corrected chi connectivity index (χ1v) is 7.41. The Kier molecular flexibility index (Phi) is 4.42. The molecule has 1 amide bonds. The zero-order chi connectivity index (χ0) is 13.0. The average molecular weight is 263 g/mol. The Morgan fingerprint density at radius 2 is 2.00 bits per heavy atom. The van der Waals surface area contributed by atoms with E-state index >= 15 is 0 Å². The minimum absolute atomic E-state index is 0.0829. The van der Waals surface area contributed by atoms with Gasteiger partial charge in [-0.1, -0.05) is 6.42 Å². The Balaban J connectivity index is 1.99. The number of hydrogen-bond acceptors (Lipinski definition) is 3. The van der Waals surface area contributed by atoms with E-state index in [1.807, 2.05) is 30.5 Å². The Hall–Kier alpha value is -1.29. The first-order chi connectivity index (χ1) is 8.70. The number of rotatable bonds is 3. The van der Waals surface area contributed by atoms with Crippen molar-refractivity contribution >= 4 is 29.1 Å². The van der Waals surface area contributed by atoms with E-state index in [0.29, 0.717) is 12.8 Å². The highest BCUT2D eigenvalue weighted by molar-refractivity contribution is 7.98. The molecule has 0 bridgehead atoms. The molecule has 1 aromatic rings. The number of carbonyl (C=O) groups excluding carboxylic acids is 2. The van der Waals surface area contributed by atoms with Gasteiger partial charge in [0.15, 0.2) is 0 Å². The van der Waals surface area contributed by atoms with Gasteiger partial charge in [-0.2, -0.15) is 0 Å². The molecular weight excluding hydrogens is 246 g/mol.